The molecule has 3 aromatic rings. The van der Waals surface area contributed by atoms with Gasteiger partial charge in [0.2, 0.25) is 0 Å². The second kappa shape index (κ2) is 11.6. The number of benzene rings is 1. The fourth-order valence-corrected chi connectivity index (χ4v) is 5.54. The van der Waals surface area contributed by atoms with Crippen molar-refractivity contribution in [1.29, 1.82) is 0 Å². The molecule has 1 saturated heterocycles. The summed E-state index contributed by atoms with van der Waals surface area (Å²) in [6.45, 7) is 5.64. The van der Waals surface area contributed by atoms with Crippen molar-refractivity contribution < 1.29 is 32.9 Å². The highest BCUT2D eigenvalue weighted by Crippen LogP contribution is 2.43. The van der Waals surface area contributed by atoms with Crippen molar-refractivity contribution in [3.8, 4) is 11.3 Å². The Balaban J connectivity index is 2.00. The predicted octanol–water partition coefficient (Wildman–Crippen LogP) is 6.10. The van der Waals surface area contributed by atoms with Gasteiger partial charge in [0, 0.05) is 60.8 Å². The number of hydrogen-bond acceptors (Lipinski definition) is 5. The molecular formula is C28H34BrF3N4O4. The molecule has 1 unspecified atom stereocenters. The summed E-state index contributed by atoms with van der Waals surface area (Å²) in [6.07, 6.45) is -4.02. The Hall–Kier alpha value is -2.83. The van der Waals surface area contributed by atoms with E-state index >= 15 is 0 Å². The number of methoxy groups -OCH3 is 1. The third-order valence-electron chi connectivity index (χ3n) is 7.36. The lowest BCUT2D eigenvalue weighted by atomic mass is 9.84. The van der Waals surface area contributed by atoms with Gasteiger partial charge >= 0.3 is 12.3 Å². The van der Waals surface area contributed by atoms with E-state index in [1.165, 1.54) is 16.6 Å². The Kier molecular flexibility index (Phi) is 8.72. The van der Waals surface area contributed by atoms with Gasteiger partial charge in [0.15, 0.2) is 0 Å². The maximum atomic E-state index is 14.1. The zero-order valence-corrected chi connectivity index (χ0v) is 24.5. The molecule has 8 nitrogen and oxygen atoms in total. The number of halogens is 4. The number of alkyl halides is 3. The molecule has 1 aliphatic heterocycles. The molecule has 1 aromatic carbocycles. The summed E-state index contributed by atoms with van der Waals surface area (Å²) in [5.74, 6) is 0. The topological polar surface area (TPSA) is 91.1 Å². The van der Waals surface area contributed by atoms with Crippen LogP contribution >= 0.6 is 15.9 Å². The number of anilines is 1. The molecule has 2 N–H and O–H groups in total. The number of aliphatic hydroxyl groups is 1. The number of aromatic nitrogens is 2. The van der Waals surface area contributed by atoms with Crippen molar-refractivity contribution in [2.75, 3.05) is 44.8 Å². The number of fused-ring (bicyclic) bond motifs is 1. The lowest BCUT2D eigenvalue weighted by molar-refractivity contribution is -0.139. The first kappa shape index (κ1) is 30.1. The van der Waals surface area contributed by atoms with Crippen LogP contribution in [0.15, 0.2) is 34.9 Å². The summed E-state index contributed by atoms with van der Waals surface area (Å²) < 4.78 is 49.9. The molecule has 4 rings (SSSR count). The third-order valence-corrected chi connectivity index (χ3v) is 7.86. The minimum absolute atomic E-state index is 0.153. The van der Waals surface area contributed by atoms with Crippen molar-refractivity contribution in [3.63, 3.8) is 0 Å². The van der Waals surface area contributed by atoms with Crippen LogP contribution in [0.5, 0.6) is 0 Å². The van der Waals surface area contributed by atoms with E-state index in [1.54, 1.807) is 25.3 Å². The molecule has 0 spiro atoms. The number of carboxylic acid groups (broad SMARTS) is 1. The van der Waals surface area contributed by atoms with Crippen molar-refractivity contribution >= 4 is 38.6 Å². The highest BCUT2D eigenvalue weighted by molar-refractivity contribution is 9.10. The molecule has 1 atom stereocenters. The minimum Gasteiger partial charge on any atom is -0.465 e. The zero-order valence-electron chi connectivity index (χ0n) is 22.9. The van der Waals surface area contributed by atoms with Crippen molar-refractivity contribution in [2.45, 2.75) is 46.0 Å². The van der Waals surface area contributed by atoms with E-state index in [4.69, 9.17) is 4.74 Å². The first-order valence-electron chi connectivity index (χ1n) is 13.0. The summed E-state index contributed by atoms with van der Waals surface area (Å²) in [5.41, 5.74) is 2.56. The lowest BCUT2D eigenvalue weighted by Crippen LogP contribution is -2.48. The molecule has 12 heteroatoms. The minimum atomic E-state index is -4.50. The van der Waals surface area contributed by atoms with Crippen LogP contribution in [0.2, 0.25) is 0 Å². The molecule has 0 aliphatic carbocycles. The molecular weight excluding hydrogens is 593 g/mol. The fraction of sp³-hybridized carbons (Fsp3) is 0.500. The normalized spacial score (nSPS) is 15.6. The maximum absolute atomic E-state index is 14.1. The number of carbonyl (C=O) groups is 1. The van der Waals surface area contributed by atoms with Gasteiger partial charge in [-0.3, -0.25) is 4.98 Å². The standard InChI is InChI=1S/C28H34BrF3N4O4/c1-17(40-4)24-21(12-19(14-33-24)34-7-9-35(10-8-34)26(38)39)25-22(13-27(2,3)16-37)20-11-18(29)5-6-23(20)36(25)15-28(30,31)32/h5-6,11-12,14,17,37H,7-10,13,15-16H2,1-4H3,(H,38,39). The monoisotopic (exact) mass is 626 g/mol. The second-order valence-electron chi connectivity index (χ2n) is 10.9. The van der Waals surface area contributed by atoms with Crippen LogP contribution in [-0.2, 0) is 17.7 Å². The van der Waals surface area contributed by atoms with Crippen LogP contribution in [-0.4, -0.2) is 76.8 Å². The van der Waals surface area contributed by atoms with Gasteiger partial charge in [0.25, 0.3) is 0 Å². The summed E-state index contributed by atoms with van der Waals surface area (Å²) >= 11 is 3.48. The summed E-state index contributed by atoms with van der Waals surface area (Å²) in [6, 6.07) is 7.04. The average Bonchev–Trinajstić information content (AvgIpc) is 3.17. The molecule has 218 valence electrons. The molecule has 2 aromatic heterocycles. The molecule has 1 aliphatic rings. The smallest absolute Gasteiger partial charge is 0.407 e. The number of nitrogens with zero attached hydrogens (tertiary/aromatic N) is 4. The van der Waals surface area contributed by atoms with Crippen LogP contribution in [0, 0.1) is 5.41 Å². The Morgan fingerprint density at radius 1 is 1.18 bits per heavy atom. The van der Waals surface area contributed by atoms with Gasteiger partial charge in [0.1, 0.15) is 6.54 Å². The number of pyridine rings is 1. The number of hydrogen-bond donors (Lipinski definition) is 2. The van der Waals surface area contributed by atoms with Crippen LogP contribution in [0.4, 0.5) is 23.7 Å². The van der Waals surface area contributed by atoms with Crippen LogP contribution < -0.4 is 4.90 Å². The van der Waals surface area contributed by atoms with Gasteiger partial charge in [-0.1, -0.05) is 29.8 Å². The highest BCUT2D eigenvalue weighted by Gasteiger charge is 2.34. The summed E-state index contributed by atoms with van der Waals surface area (Å²) in [5, 5.41) is 20.1. The van der Waals surface area contributed by atoms with E-state index in [2.05, 4.69) is 20.9 Å². The maximum Gasteiger partial charge on any atom is 0.407 e. The Bertz CT molecular complexity index is 1380. The molecule has 1 fully saturated rings. The van der Waals surface area contributed by atoms with E-state index in [-0.39, 0.29) is 6.61 Å². The van der Waals surface area contributed by atoms with Gasteiger partial charge in [-0.15, -0.1) is 0 Å². The van der Waals surface area contributed by atoms with Gasteiger partial charge in [-0.25, -0.2) is 4.79 Å². The number of rotatable bonds is 8. The van der Waals surface area contributed by atoms with Crippen LogP contribution in [0.25, 0.3) is 22.2 Å². The number of ether oxygens (including phenoxy) is 1. The Labute approximate surface area is 239 Å². The van der Waals surface area contributed by atoms with E-state index in [0.717, 1.165) is 4.47 Å². The zero-order chi connectivity index (χ0) is 29.4. The van der Waals surface area contributed by atoms with E-state index in [9.17, 15) is 28.2 Å². The van der Waals surface area contributed by atoms with Crippen molar-refractivity contribution in [1.82, 2.24) is 14.5 Å². The molecule has 3 heterocycles. The molecule has 0 bridgehead atoms. The van der Waals surface area contributed by atoms with Crippen molar-refractivity contribution in [2.24, 2.45) is 5.41 Å². The van der Waals surface area contributed by atoms with Gasteiger partial charge < -0.3 is 29.3 Å². The van der Waals surface area contributed by atoms with Crippen LogP contribution in [0.1, 0.15) is 38.1 Å². The van der Waals surface area contributed by atoms with Gasteiger partial charge in [-0.2, -0.15) is 13.2 Å². The second-order valence-corrected chi connectivity index (χ2v) is 11.9. The number of aliphatic hydroxyl groups excluding tert-OH is 1. The first-order valence-corrected chi connectivity index (χ1v) is 13.8. The predicted molar refractivity (Wildman–Crippen MR) is 151 cm³/mol. The lowest BCUT2D eigenvalue weighted by Gasteiger charge is -2.35. The molecule has 0 saturated carbocycles. The SMILES string of the molecule is COC(C)c1ncc(N2CCN(C(=O)O)CC2)cc1-c1c(CC(C)(C)CO)c2cc(Br)ccc2n1CC(F)(F)F. The third kappa shape index (κ3) is 6.39. The average molecular weight is 628 g/mol. The van der Waals surface area contributed by atoms with E-state index < -0.39 is 30.3 Å². The molecule has 0 radical (unpaired) electrons. The summed E-state index contributed by atoms with van der Waals surface area (Å²) in [4.78, 5) is 19.4. The highest BCUT2D eigenvalue weighted by atomic mass is 79.9. The van der Waals surface area contributed by atoms with E-state index in [1.807, 2.05) is 30.9 Å². The summed E-state index contributed by atoms with van der Waals surface area (Å²) in [7, 11) is 1.52. The van der Waals surface area contributed by atoms with Gasteiger partial charge in [-0.05, 0) is 48.6 Å². The largest absolute Gasteiger partial charge is 0.465 e. The fourth-order valence-electron chi connectivity index (χ4n) is 5.18. The van der Waals surface area contributed by atoms with Crippen LogP contribution in [0.3, 0.4) is 0 Å². The number of amides is 1. The number of piperazine rings is 1. The van der Waals surface area contributed by atoms with E-state index in [0.29, 0.717) is 71.7 Å². The molecule has 1 amide bonds. The molecule has 40 heavy (non-hydrogen) atoms. The Morgan fingerprint density at radius 3 is 2.42 bits per heavy atom. The Morgan fingerprint density at radius 2 is 1.85 bits per heavy atom. The van der Waals surface area contributed by atoms with Gasteiger partial charge in [0.05, 0.1) is 29.4 Å². The quantitative estimate of drug-likeness (QED) is 0.314. The first-order chi connectivity index (χ1) is 18.7. The van der Waals surface area contributed by atoms with Crippen molar-refractivity contribution in [3.05, 3.63) is 46.2 Å².